The lowest BCUT2D eigenvalue weighted by molar-refractivity contribution is 0.0938. The maximum atomic E-state index is 13.0. The van der Waals surface area contributed by atoms with E-state index in [9.17, 15) is 19.1 Å². The molecule has 1 aromatic heterocycles. The molecule has 1 aliphatic heterocycles. The van der Waals surface area contributed by atoms with Crippen LogP contribution in [0.5, 0.6) is 5.75 Å². The van der Waals surface area contributed by atoms with Crippen molar-refractivity contribution in [2.24, 2.45) is 0 Å². The molecule has 2 N–H and O–H groups in total. The summed E-state index contributed by atoms with van der Waals surface area (Å²) in [6.45, 7) is 10.6. The predicted molar refractivity (Wildman–Crippen MR) is 123 cm³/mol. The molecule has 1 aliphatic rings. The fraction of sp³-hybridized carbons (Fsp3) is 0.542. The van der Waals surface area contributed by atoms with Crippen LogP contribution in [0.25, 0.3) is 0 Å². The maximum Gasteiger partial charge on any atom is 0.296 e. The molecule has 3 rings (SSSR count). The van der Waals surface area contributed by atoms with Gasteiger partial charge in [0.05, 0.1) is 6.04 Å². The first-order chi connectivity index (χ1) is 15.5. The molecule has 1 amide bonds. The molecule has 7 nitrogen and oxygen atoms in total. The van der Waals surface area contributed by atoms with E-state index >= 15 is 0 Å². The first-order valence-electron chi connectivity index (χ1n) is 11.6. The van der Waals surface area contributed by atoms with E-state index in [0.717, 1.165) is 38.8 Å². The SMILES string of the molecule is CC.CCCN(CCC)C1CCCn2c1nc(C(=O)NCc1ccc(F)cc1)c(O)c2=O. The van der Waals surface area contributed by atoms with Crippen molar-refractivity contribution in [3.8, 4) is 5.75 Å². The Balaban J connectivity index is 0.00000176. The number of halogens is 1. The summed E-state index contributed by atoms with van der Waals surface area (Å²) in [5, 5.41) is 13.0. The molecule has 1 atom stereocenters. The minimum absolute atomic E-state index is 0.0596. The van der Waals surface area contributed by atoms with Crippen molar-refractivity contribution in [2.45, 2.75) is 72.5 Å². The standard InChI is InChI=1S/C22H29FN4O3.C2H6/c1-3-11-26(12-4-2)17-6-5-13-27-20(17)25-18(19(28)22(27)30)21(29)24-14-15-7-9-16(23)10-8-15;1-2/h7-10,17,28H,3-6,11-14H2,1-2H3,(H,24,29);1-2H3. The number of carbonyl (C=O) groups excluding carboxylic acids is 1. The molecule has 0 fully saturated rings. The summed E-state index contributed by atoms with van der Waals surface area (Å²) < 4.78 is 14.5. The number of benzene rings is 1. The van der Waals surface area contributed by atoms with E-state index in [2.05, 4.69) is 29.0 Å². The van der Waals surface area contributed by atoms with E-state index in [1.54, 1.807) is 12.1 Å². The molecule has 176 valence electrons. The molecule has 1 aromatic carbocycles. The number of hydrogen-bond donors (Lipinski definition) is 2. The highest BCUT2D eigenvalue weighted by molar-refractivity contribution is 5.94. The highest BCUT2D eigenvalue weighted by Crippen LogP contribution is 2.30. The smallest absolute Gasteiger partial charge is 0.296 e. The van der Waals surface area contributed by atoms with Crippen molar-refractivity contribution < 1.29 is 14.3 Å². The number of nitrogens with one attached hydrogen (secondary N) is 1. The van der Waals surface area contributed by atoms with Gasteiger partial charge in [0.15, 0.2) is 5.69 Å². The number of rotatable bonds is 8. The Morgan fingerprint density at radius 3 is 2.44 bits per heavy atom. The molecule has 0 bridgehead atoms. The Morgan fingerprint density at radius 1 is 1.22 bits per heavy atom. The zero-order valence-electron chi connectivity index (χ0n) is 19.5. The largest absolute Gasteiger partial charge is 0.501 e. The minimum Gasteiger partial charge on any atom is -0.501 e. The van der Waals surface area contributed by atoms with Gasteiger partial charge in [0, 0.05) is 13.1 Å². The molecule has 0 spiro atoms. The number of hydrogen-bond acceptors (Lipinski definition) is 5. The van der Waals surface area contributed by atoms with Crippen LogP contribution >= 0.6 is 0 Å². The average Bonchev–Trinajstić information content (AvgIpc) is 2.81. The van der Waals surface area contributed by atoms with Gasteiger partial charge in [0.25, 0.3) is 11.5 Å². The van der Waals surface area contributed by atoms with Crippen molar-refractivity contribution in [3.05, 3.63) is 57.5 Å². The molecule has 2 heterocycles. The van der Waals surface area contributed by atoms with Gasteiger partial charge in [-0.1, -0.05) is 39.8 Å². The van der Waals surface area contributed by atoms with E-state index in [0.29, 0.717) is 17.9 Å². The summed E-state index contributed by atoms with van der Waals surface area (Å²) in [4.78, 5) is 32.2. The summed E-state index contributed by atoms with van der Waals surface area (Å²) in [5.74, 6) is -1.08. The van der Waals surface area contributed by atoms with Gasteiger partial charge in [-0.25, -0.2) is 9.37 Å². The highest BCUT2D eigenvalue weighted by Gasteiger charge is 2.31. The molecule has 1 unspecified atom stereocenters. The second kappa shape index (κ2) is 12.3. The van der Waals surface area contributed by atoms with Gasteiger partial charge in [-0.2, -0.15) is 0 Å². The van der Waals surface area contributed by atoms with Crippen LogP contribution in [0.2, 0.25) is 0 Å². The Bertz CT molecular complexity index is 937. The van der Waals surface area contributed by atoms with Crippen LogP contribution in [-0.2, 0) is 13.1 Å². The quantitative estimate of drug-likeness (QED) is 0.640. The van der Waals surface area contributed by atoms with Crippen molar-refractivity contribution in [2.75, 3.05) is 13.1 Å². The molecular weight excluding hydrogens is 411 g/mol. The highest BCUT2D eigenvalue weighted by atomic mass is 19.1. The molecule has 0 aliphatic carbocycles. The summed E-state index contributed by atoms with van der Waals surface area (Å²) >= 11 is 0. The van der Waals surface area contributed by atoms with Crippen molar-refractivity contribution in [1.82, 2.24) is 19.8 Å². The Labute approximate surface area is 189 Å². The fourth-order valence-electron chi connectivity index (χ4n) is 3.97. The first kappa shape index (κ1) is 25.5. The number of aromatic nitrogens is 2. The predicted octanol–water partition coefficient (Wildman–Crippen LogP) is 4.00. The zero-order chi connectivity index (χ0) is 23.7. The van der Waals surface area contributed by atoms with Crippen LogP contribution in [0, 0.1) is 5.82 Å². The average molecular weight is 447 g/mol. The zero-order valence-corrected chi connectivity index (χ0v) is 19.5. The maximum absolute atomic E-state index is 13.0. The van der Waals surface area contributed by atoms with E-state index in [-0.39, 0.29) is 24.1 Å². The van der Waals surface area contributed by atoms with E-state index in [1.165, 1.54) is 16.7 Å². The van der Waals surface area contributed by atoms with Gasteiger partial charge in [0.1, 0.15) is 11.6 Å². The second-order valence-corrected chi connectivity index (χ2v) is 7.63. The Hall–Kier alpha value is -2.74. The number of fused-ring (bicyclic) bond motifs is 1. The third-order valence-electron chi connectivity index (χ3n) is 5.38. The lowest BCUT2D eigenvalue weighted by Crippen LogP contribution is -2.40. The van der Waals surface area contributed by atoms with Gasteiger partial charge in [0.2, 0.25) is 5.75 Å². The monoisotopic (exact) mass is 446 g/mol. The van der Waals surface area contributed by atoms with Gasteiger partial charge in [-0.15, -0.1) is 0 Å². The topological polar surface area (TPSA) is 87.5 Å². The minimum atomic E-state index is -0.631. The molecular formula is C24H35FN4O3. The molecule has 0 radical (unpaired) electrons. The normalized spacial score (nSPS) is 15.0. The van der Waals surface area contributed by atoms with Crippen LogP contribution < -0.4 is 10.9 Å². The summed E-state index contributed by atoms with van der Waals surface area (Å²) in [7, 11) is 0. The van der Waals surface area contributed by atoms with E-state index < -0.39 is 17.2 Å². The van der Waals surface area contributed by atoms with Crippen molar-refractivity contribution in [3.63, 3.8) is 0 Å². The molecule has 0 saturated carbocycles. The van der Waals surface area contributed by atoms with Crippen LogP contribution in [0.4, 0.5) is 4.39 Å². The summed E-state index contributed by atoms with van der Waals surface area (Å²) in [6.07, 6.45) is 3.63. The molecule has 0 saturated heterocycles. The second-order valence-electron chi connectivity index (χ2n) is 7.63. The fourth-order valence-corrected chi connectivity index (χ4v) is 3.97. The van der Waals surface area contributed by atoms with Crippen LogP contribution in [0.15, 0.2) is 29.1 Å². The number of amides is 1. The van der Waals surface area contributed by atoms with E-state index in [4.69, 9.17) is 0 Å². The number of nitrogens with zero attached hydrogens (tertiary/aromatic N) is 3. The number of aromatic hydroxyl groups is 1. The first-order valence-corrected chi connectivity index (χ1v) is 11.6. The van der Waals surface area contributed by atoms with Crippen molar-refractivity contribution >= 4 is 5.91 Å². The van der Waals surface area contributed by atoms with Gasteiger partial charge >= 0.3 is 0 Å². The molecule has 2 aromatic rings. The Kier molecular flexibility index (Phi) is 9.84. The molecule has 8 heteroatoms. The number of carbonyl (C=O) groups is 1. The van der Waals surface area contributed by atoms with Crippen molar-refractivity contribution in [1.29, 1.82) is 0 Å². The van der Waals surface area contributed by atoms with Gasteiger partial charge < -0.3 is 10.4 Å². The Morgan fingerprint density at radius 2 is 1.84 bits per heavy atom. The van der Waals surface area contributed by atoms with Crippen LogP contribution in [0.3, 0.4) is 0 Å². The lowest BCUT2D eigenvalue weighted by atomic mass is 10.0. The third kappa shape index (κ3) is 5.94. The van der Waals surface area contributed by atoms with Gasteiger partial charge in [-0.3, -0.25) is 19.1 Å². The molecule has 32 heavy (non-hydrogen) atoms. The summed E-state index contributed by atoms with van der Waals surface area (Å²) in [5.41, 5.74) is -0.133. The van der Waals surface area contributed by atoms with E-state index in [1.807, 2.05) is 13.8 Å². The third-order valence-corrected chi connectivity index (χ3v) is 5.38. The summed E-state index contributed by atoms with van der Waals surface area (Å²) in [6, 6.07) is 5.68. The van der Waals surface area contributed by atoms with Crippen LogP contribution in [-0.4, -0.2) is 38.6 Å². The van der Waals surface area contributed by atoms with Gasteiger partial charge in [-0.05, 0) is 56.5 Å². The lowest BCUT2D eigenvalue weighted by Gasteiger charge is -2.35. The van der Waals surface area contributed by atoms with Crippen LogP contribution in [0.1, 0.15) is 81.3 Å².